The van der Waals surface area contributed by atoms with Gasteiger partial charge in [-0.1, -0.05) is 64.5 Å². The zero-order chi connectivity index (χ0) is 33.0. The fraction of sp³-hybridized carbons (Fsp3) is 0.750. The normalized spacial score (nSPS) is 35.5. The number of ether oxygens (including phenoxy) is 2. The maximum absolute atomic E-state index is 12.7. The predicted molar refractivity (Wildman–Crippen MR) is 180 cm³/mol. The summed E-state index contributed by atoms with van der Waals surface area (Å²) >= 11 is 0. The second-order valence-corrected chi connectivity index (χ2v) is 22.7. The van der Waals surface area contributed by atoms with Crippen molar-refractivity contribution in [3.8, 4) is 0 Å². The molecule has 45 heavy (non-hydrogen) atoms. The molecule has 0 spiro atoms. The molecule has 4 saturated carbocycles. The van der Waals surface area contributed by atoms with Crippen molar-refractivity contribution in [1.29, 1.82) is 0 Å². The monoisotopic (exact) mass is 660 g/mol. The van der Waals surface area contributed by atoms with Gasteiger partial charge in [-0.2, -0.15) is 8.42 Å². The summed E-state index contributed by atoms with van der Waals surface area (Å²) in [5.41, 5.74) is 1.75. The molecule has 0 heterocycles. The molecule has 0 amide bonds. The number of allylic oxidation sites excluding steroid dienone is 1. The summed E-state index contributed by atoms with van der Waals surface area (Å²) in [7, 11) is -4.10. The molecule has 9 atom stereocenters. The molecule has 1 aromatic rings. The summed E-state index contributed by atoms with van der Waals surface area (Å²) in [6.45, 7) is 16.2. The van der Waals surface area contributed by atoms with Crippen LogP contribution in [-0.4, -0.2) is 61.0 Å². The fourth-order valence-corrected chi connectivity index (χ4v) is 11.1. The zero-order valence-electron chi connectivity index (χ0n) is 28.9. The first kappa shape index (κ1) is 34.8. The Labute approximate surface area is 273 Å². The average Bonchev–Trinajstić information content (AvgIpc) is 3.44. The summed E-state index contributed by atoms with van der Waals surface area (Å²) in [4.78, 5) is 12.7. The highest BCUT2D eigenvalue weighted by atomic mass is 32.2. The Bertz CT molecular complexity index is 1370. The highest BCUT2D eigenvalue weighted by Crippen LogP contribution is 2.69. The van der Waals surface area contributed by atoms with Crippen molar-refractivity contribution < 1.29 is 31.3 Å². The molecule has 5 rings (SSSR count). The molecule has 252 valence electrons. The Morgan fingerprint density at radius 3 is 2.47 bits per heavy atom. The molecular weight excluding hydrogens is 605 g/mol. The topological polar surface area (TPSA) is 88.1 Å². The van der Waals surface area contributed by atoms with Gasteiger partial charge in [-0.05, 0) is 104 Å². The van der Waals surface area contributed by atoms with E-state index in [1.165, 1.54) is 5.57 Å². The van der Waals surface area contributed by atoms with Gasteiger partial charge in [0.1, 0.15) is 6.10 Å². The Morgan fingerprint density at radius 2 is 1.84 bits per heavy atom. The third-order valence-electron chi connectivity index (χ3n) is 12.5. The van der Waals surface area contributed by atoms with Gasteiger partial charge in [-0.15, -0.1) is 0 Å². The number of fused-ring (bicyclic) bond motifs is 2. The summed E-state index contributed by atoms with van der Waals surface area (Å²) in [6.07, 6.45) is 9.67. The minimum Gasteiger partial charge on any atom is -0.462 e. The van der Waals surface area contributed by atoms with Crippen molar-refractivity contribution in [2.45, 2.75) is 116 Å². The lowest BCUT2D eigenvalue weighted by Crippen LogP contribution is -2.50. The van der Waals surface area contributed by atoms with E-state index in [1.807, 2.05) is 18.2 Å². The van der Waals surface area contributed by atoms with Gasteiger partial charge in [0.15, 0.2) is 8.32 Å². The van der Waals surface area contributed by atoms with E-state index in [9.17, 15) is 13.2 Å². The molecule has 4 aliphatic rings. The standard InChI is InChI=1S/C36H56O7SSi/c1-24(23-41-33(37)25-14-11-10-12-15-25)28-17-18-29-26(16-13-19-35(28,29)5)20-31(40-6)36-22-27(36)21-30(32(36)42-44(7,38)39)43-45(8,9)34(2,3)4/h10-12,14-15,20,24,27-32H,13,16-19,21-23H2,1-9H3/b26-20+/t24-,27-,28-,29+,30+,31-,32?,35-,36+/m1/s1. The number of hydrogen-bond donors (Lipinski definition) is 0. The molecule has 0 bridgehead atoms. The lowest BCUT2D eigenvalue weighted by Gasteiger charge is -2.45. The second-order valence-electron chi connectivity index (χ2n) is 16.3. The molecular formula is C36H56O7SSi. The van der Waals surface area contributed by atoms with Crippen LogP contribution in [0.4, 0.5) is 0 Å². The van der Waals surface area contributed by atoms with E-state index in [4.69, 9.17) is 18.1 Å². The maximum Gasteiger partial charge on any atom is 0.338 e. The van der Waals surface area contributed by atoms with Crippen LogP contribution in [-0.2, 0) is 28.2 Å². The van der Waals surface area contributed by atoms with E-state index in [0.717, 1.165) is 51.2 Å². The number of carbonyl (C=O) groups is 1. The summed E-state index contributed by atoms with van der Waals surface area (Å²) in [6, 6.07) is 9.21. The van der Waals surface area contributed by atoms with Gasteiger partial charge >= 0.3 is 5.97 Å². The third kappa shape index (κ3) is 6.76. The molecule has 7 nitrogen and oxygen atoms in total. The largest absolute Gasteiger partial charge is 0.462 e. The number of carbonyl (C=O) groups excluding carboxylic acids is 1. The van der Waals surface area contributed by atoms with Gasteiger partial charge in [-0.25, -0.2) is 4.79 Å². The van der Waals surface area contributed by atoms with E-state index >= 15 is 0 Å². The number of rotatable bonds is 11. The SMILES string of the molecule is CO[C@H](/C=C1\CCC[C@]2(C)[C@@H]([C@H](C)COC(=O)c3ccccc3)CC[C@@H]12)[C@]12C[C@H]1C[C@H](O[Si](C)(C)C(C)(C)C)C2OS(C)(=O)=O. The lowest BCUT2D eigenvalue weighted by molar-refractivity contribution is -0.0260. The van der Waals surface area contributed by atoms with E-state index < -0.39 is 30.0 Å². The molecule has 4 fully saturated rings. The molecule has 9 heteroatoms. The number of benzene rings is 1. The van der Waals surface area contributed by atoms with Crippen molar-refractivity contribution in [3.63, 3.8) is 0 Å². The minimum atomic E-state index is -3.70. The number of hydrogen-bond acceptors (Lipinski definition) is 7. The highest BCUT2D eigenvalue weighted by molar-refractivity contribution is 7.86. The van der Waals surface area contributed by atoms with Crippen LogP contribution in [0.3, 0.4) is 0 Å². The molecule has 1 aromatic carbocycles. The molecule has 1 unspecified atom stereocenters. The zero-order valence-corrected chi connectivity index (χ0v) is 30.7. The van der Waals surface area contributed by atoms with Gasteiger partial charge in [0.25, 0.3) is 10.1 Å². The number of esters is 1. The summed E-state index contributed by atoms with van der Waals surface area (Å²) in [5, 5.41) is 0.00774. The molecule has 0 radical (unpaired) electrons. The van der Waals surface area contributed by atoms with Crippen molar-refractivity contribution >= 4 is 24.4 Å². The molecule has 4 aliphatic carbocycles. The van der Waals surface area contributed by atoms with Gasteiger partial charge in [-0.3, -0.25) is 4.18 Å². The first-order valence-electron chi connectivity index (χ1n) is 16.9. The summed E-state index contributed by atoms with van der Waals surface area (Å²) < 4.78 is 50.1. The van der Waals surface area contributed by atoms with Crippen LogP contribution in [0.1, 0.15) is 89.9 Å². The van der Waals surface area contributed by atoms with Crippen molar-refractivity contribution in [1.82, 2.24) is 0 Å². The van der Waals surface area contributed by atoms with E-state index in [-0.39, 0.29) is 34.5 Å². The van der Waals surface area contributed by atoms with E-state index in [0.29, 0.717) is 29.9 Å². The van der Waals surface area contributed by atoms with Crippen LogP contribution in [0.2, 0.25) is 18.1 Å². The lowest BCUT2D eigenvalue weighted by atomic mass is 9.61. The molecule has 0 aromatic heterocycles. The van der Waals surface area contributed by atoms with Crippen molar-refractivity contribution in [3.05, 3.63) is 47.5 Å². The highest BCUT2D eigenvalue weighted by Gasteiger charge is 2.72. The smallest absolute Gasteiger partial charge is 0.338 e. The van der Waals surface area contributed by atoms with Crippen LogP contribution < -0.4 is 0 Å². The molecule has 0 N–H and O–H groups in total. The van der Waals surface area contributed by atoms with Crippen LogP contribution in [0.5, 0.6) is 0 Å². The van der Waals surface area contributed by atoms with E-state index in [2.05, 4.69) is 53.8 Å². The van der Waals surface area contributed by atoms with Gasteiger partial charge in [0.2, 0.25) is 0 Å². The summed E-state index contributed by atoms with van der Waals surface area (Å²) in [5.74, 6) is 1.20. The quantitative estimate of drug-likeness (QED) is 0.104. The Hall–Kier alpha value is -1.52. The molecule has 0 aliphatic heterocycles. The first-order valence-corrected chi connectivity index (χ1v) is 21.7. The predicted octanol–water partition coefficient (Wildman–Crippen LogP) is 7.78. The van der Waals surface area contributed by atoms with Crippen LogP contribution in [0.15, 0.2) is 42.0 Å². The van der Waals surface area contributed by atoms with Crippen LogP contribution >= 0.6 is 0 Å². The van der Waals surface area contributed by atoms with Crippen molar-refractivity contribution in [2.24, 2.45) is 34.5 Å². The Morgan fingerprint density at radius 1 is 1.16 bits per heavy atom. The van der Waals surface area contributed by atoms with Gasteiger partial charge < -0.3 is 13.9 Å². The first-order chi connectivity index (χ1) is 20.9. The fourth-order valence-electron chi connectivity index (χ4n) is 9.12. The van der Waals surface area contributed by atoms with Crippen molar-refractivity contribution in [2.75, 3.05) is 20.0 Å². The van der Waals surface area contributed by atoms with Gasteiger partial charge in [0.05, 0.1) is 30.6 Å². The maximum atomic E-state index is 12.7. The average molecular weight is 661 g/mol. The van der Waals surface area contributed by atoms with E-state index in [1.54, 1.807) is 19.2 Å². The Kier molecular flexibility index (Phi) is 9.66. The number of methoxy groups -OCH3 is 1. The second kappa shape index (κ2) is 12.5. The minimum absolute atomic E-state index is 0.00774. The van der Waals surface area contributed by atoms with Crippen LogP contribution in [0, 0.1) is 34.5 Å². The Balaban J connectivity index is 1.35. The van der Waals surface area contributed by atoms with Crippen LogP contribution in [0.25, 0.3) is 0 Å². The third-order valence-corrected chi connectivity index (χ3v) is 17.5. The van der Waals surface area contributed by atoms with Gasteiger partial charge in [0, 0.05) is 12.5 Å². The molecule has 0 saturated heterocycles.